The smallest absolute Gasteiger partial charge is 0.263 e. The van der Waals surface area contributed by atoms with Crippen LogP contribution in [0.4, 0.5) is 0 Å². The molecule has 13 heteroatoms. The lowest BCUT2D eigenvalue weighted by atomic mass is 9.93. The molecular weight excluding hydrogens is 628 g/mol. The summed E-state index contributed by atoms with van der Waals surface area (Å²) in [7, 11) is 1.46. The molecule has 1 fully saturated rings. The van der Waals surface area contributed by atoms with Gasteiger partial charge in [0.05, 0.1) is 36.8 Å². The van der Waals surface area contributed by atoms with Crippen LogP contribution in [0.3, 0.4) is 0 Å². The van der Waals surface area contributed by atoms with Gasteiger partial charge in [0.25, 0.3) is 11.8 Å². The topological polar surface area (TPSA) is 164 Å². The summed E-state index contributed by atoms with van der Waals surface area (Å²) in [6, 6.07) is 11.0. The van der Waals surface area contributed by atoms with E-state index in [1.54, 1.807) is 19.1 Å². The number of fused-ring (bicyclic) bond motifs is 3. The molecule has 0 saturated heterocycles. The number of aliphatic hydroxyl groups is 1. The van der Waals surface area contributed by atoms with E-state index in [1.165, 1.54) is 18.1 Å². The van der Waals surface area contributed by atoms with Crippen LogP contribution in [0.15, 0.2) is 42.5 Å². The van der Waals surface area contributed by atoms with Crippen molar-refractivity contribution in [1.82, 2.24) is 30.4 Å². The predicted octanol–water partition coefficient (Wildman–Crippen LogP) is 2.71. The Morgan fingerprint density at radius 1 is 1.10 bits per heavy atom. The molecule has 2 heterocycles. The van der Waals surface area contributed by atoms with Gasteiger partial charge in [-0.25, -0.2) is 4.98 Å². The van der Waals surface area contributed by atoms with Crippen LogP contribution in [-0.4, -0.2) is 93.7 Å². The zero-order valence-electron chi connectivity index (χ0n) is 28.9. The number of aliphatic hydroxyl groups excluding tert-OH is 1. The molecule has 264 valence electrons. The predicted molar refractivity (Wildman–Crippen MR) is 183 cm³/mol. The lowest BCUT2D eigenvalue weighted by Gasteiger charge is -2.33. The summed E-state index contributed by atoms with van der Waals surface area (Å²) >= 11 is 0. The summed E-state index contributed by atoms with van der Waals surface area (Å²) in [4.78, 5) is 60.9. The number of methoxy groups -OCH3 is 1. The van der Waals surface area contributed by atoms with Gasteiger partial charge in [-0.2, -0.15) is 0 Å². The Kier molecular flexibility index (Phi) is 11.4. The highest BCUT2D eigenvalue weighted by atomic mass is 16.5. The van der Waals surface area contributed by atoms with E-state index >= 15 is 0 Å². The minimum Gasteiger partial charge on any atom is -0.493 e. The lowest BCUT2D eigenvalue weighted by Crippen LogP contribution is -2.56. The van der Waals surface area contributed by atoms with Crippen LogP contribution in [0, 0.1) is 12.8 Å². The number of hydrogen-bond acceptors (Lipinski definition) is 8. The van der Waals surface area contributed by atoms with Crippen LogP contribution in [0.5, 0.6) is 11.5 Å². The van der Waals surface area contributed by atoms with Gasteiger partial charge in [-0.1, -0.05) is 26.0 Å². The first-order valence-electron chi connectivity index (χ1n) is 17.1. The summed E-state index contributed by atoms with van der Waals surface area (Å²) < 4.78 is 13.7. The SMILES string of the molecule is COc1ccc2cc1O[C@H](C(=O)NC1CCC(O)CC1)[C@H](C)NC(=O)CN(C(=O)CCn1c(C)nc3ccccc31)C[C@H](C(C)C)NC2=O. The number of hydrogen-bond donors (Lipinski definition) is 4. The molecule has 5 rings (SSSR count). The normalized spacial score (nSPS) is 23.7. The number of aromatic nitrogens is 2. The number of para-hydroxylation sites is 2. The average Bonchev–Trinajstić information content (AvgIpc) is 3.39. The second-order valence-corrected chi connectivity index (χ2v) is 13.4. The van der Waals surface area contributed by atoms with Crippen molar-refractivity contribution in [1.29, 1.82) is 0 Å². The van der Waals surface area contributed by atoms with Crippen molar-refractivity contribution in [2.24, 2.45) is 5.92 Å². The molecule has 3 aromatic rings. The number of nitrogens with one attached hydrogen (secondary N) is 3. The summed E-state index contributed by atoms with van der Waals surface area (Å²) in [5.74, 6) is -0.378. The van der Waals surface area contributed by atoms with E-state index < -0.39 is 35.9 Å². The molecule has 4 N–H and O–H groups in total. The summed E-state index contributed by atoms with van der Waals surface area (Å²) in [6.45, 7) is 7.62. The molecule has 3 atom stereocenters. The van der Waals surface area contributed by atoms with Crippen LogP contribution >= 0.6 is 0 Å². The number of amides is 4. The van der Waals surface area contributed by atoms with Crippen molar-refractivity contribution < 1.29 is 33.8 Å². The fourth-order valence-electron chi connectivity index (χ4n) is 6.49. The summed E-state index contributed by atoms with van der Waals surface area (Å²) in [5.41, 5.74) is 2.04. The van der Waals surface area contributed by atoms with Crippen molar-refractivity contribution in [3.05, 3.63) is 53.9 Å². The van der Waals surface area contributed by atoms with Crippen LogP contribution in [0.25, 0.3) is 11.0 Å². The molecule has 0 spiro atoms. The zero-order chi connectivity index (χ0) is 35.2. The highest BCUT2D eigenvalue weighted by molar-refractivity contribution is 5.95. The van der Waals surface area contributed by atoms with Gasteiger partial charge < -0.3 is 40.0 Å². The minimum absolute atomic E-state index is 0.0723. The second-order valence-electron chi connectivity index (χ2n) is 13.4. The molecule has 2 aromatic carbocycles. The van der Waals surface area contributed by atoms with Crippen molar-refractivity contribution in [2.75, 3.05) is 20.2 Å². The Balaban J connectivity index is 1.43. The van der Waals surface area contributed by atoms with Gasteiger partial charge in [-0.3, -0.25) is 19.2 Å². The zero-order valence-corrected chi connectivity index (χ0v) is 28.9. The van der Waals surface area contributed by atoms with Gasteiger partial charge >= 0.3 is 0 Å². The highest BCUT2D eigenvalue weighted by Gasteiger charge is 2.34. The standard InChI is InChI=1S/C36H48N6O7/c1-21(2)28-19-41(33(45)16-17-42-23(4)38-27-8-6-7-9-29(27)42)20-32(44)37-22(3)34(36(47)39-25-11-13-26(43)14-12-25)49-31-18-24(35(46)40-28)10-15-30(31)48-5/h6-10,15,18,21-22,25-26,28,34,43H,11-14,16-17,19-20H2,1-5H3,(H,37,44)(H,39,47)(H,40,46)/t22-,25?,26?,28+,34-/m0/s1. The minimum atomic E-state index is -1.20. The summed E-state index contributed by atoms with van der Waals surface area (Å²) in [6.07, 6.45) is 0.894. The van der Waals surface area contributed by atoms with Crippen molar-refractivity contribution in [2.45, 2.75) is 96.7 Å². The van der Waals surface area contributed by atoms with E-state index in [2.05, 4.69) is 20.9 Å². The average molecular weight is 677 g/mol. The number of rotatable bonds is 7. The molecule has 1 saturated carbocycles. The number of carbonyl (C=O) groups excluding carboxylic acids is 4. The Hall–Kier alpha value is -4.65. The Morgan fingerprint density at radius 3 is 2.55 bits per heavy atom. The van der Waals surface area contributed by atoms with Crippen LogP contribution in [0.2, 0.25) is 0 Å². The lowest BCUT2D eigenvalue weighted by molar-refractivity contribution is -0.138. The van der Waals surface area contributed by atoms with Gasteiger partial charge in [0, 0.05) is 37.2 Å². The number of benzene rings is 2. The largest absolute Gasteiger partial charge is 0.493 e. The molecule has 4 amide bonds. The third kappa shape index (κ3) is 8.69. The summed E-state index contributed by atoms with van der Waals surface area (Å²) in [5, 5.41) is 18.9. The monoisotopic (exact) mass is 676 g/mol. The molecule has 1 aliphatic carbocycles. The molecule has 2 bridgehead atoms. The third-order valence-electron chi connectivity index (χ3n) is 9.44. The molecular formula is C36H48N6O7. The van der Waals surface area contributed by atoms with Crippen LogP contribution in [-0.2, 0) is 20.9 Å². The van der Waals surface area contributed by atoms with E-state index in [-0.39, 0.29) is 54.8 Å². The van der Waals surface area contributed by atoms with E-state index in [1.807, 2.05) is 49.6 Å². The van der Waals surface area contributed by atoms with Crippen LogP contribution < -0.4 is 25.4 Å². The first-order chi connectivity index (χ1) is 23.4. The fraction of sp³-hybridized carbons (Fsp3) is 0.528. The van der Waals surface area contributed by atoms with E-state index in [0.29, 0.717) is 38.0 Å². The van der Waals surface area contributed by atoms with Crippen molar-refractivity contribution in [3.63, 3.8) is 0 Å². The third-order valence-corrected chi connectivity index (χ3v) is 9.44. The number of ether oxygens (including phenoxy) is 2. The molecule has 1 aromatic heterocycles. The van der Waals surface area contributed by atoms with Gasteiger partial charge in [0.1, 0.15) is 5.82 Å². The number of carbonyl (C=O) groups is 4. The molecule has 0 radical (unpaired) electrons. The fourth-order valence-corrected chi connectivity index (χ4v) is 6.49. The molecule has 1 aliphatic heterocycles. The van der Waals surface area contributed by atoms with E-state index in [9.17, 15) is 24.3 Å². The first-order valence-corrected chi connectivity index (χ1v) is 17.1. The molecule has 2 aliphatic rings. The quantitative estimate of drug-likeness (QED) is 0.297. The van der Waals surface area contributed by atoms with Crippen molar-refractivity contribution in [3.8, 4) is 11.5 Å². The van der Waals surface area contributed by atoms with Crippen LogP contribution in [0.1, 0.15) is 69.1 Å². The maximum atomic E-state index is 13.9. The highest BCUT2D eigenvalue weighted by Crippen LogP contribution is 2.30. The molecule has 0 unspecified atom stereocenters. The first kappa shape index (κ1) is 35.7. The van der Waals surface area contributed by atoms with Gasteiger partial charge in [-0.05, 0) is 75.8 Å². The van der Waals surface area contributed by atoms with Gasteiger partial charge in [-0.15, -0.1) is 0 Å². The number of imidazole rings is 1. The Labute approximate surface area is 286 Å². The number of nitrogens with zero attached hydrogens (tertiary/aromatic N) is 3. The molecule has 49 heavy (non-hydrogen) atoms. The van der Waals surface area contributed by atoms with E-state index in [0.717, 1.165) is 16.9 Å². The van der Waals surface area contributed by atoms with E-state index in [4.69, 9.17) is 9.47 Å². The Bertz CT molecular complexity index is 1660. The maximum absolute atomic E-state index is 13.9. The second kappa shape index (κ2) is 15.7. The van der Waals surface area contributed by atoms with Gasteiger partial charge in [0.15, 0.2) is 17.6 Å². The maximum Gasteiger partial charge on any atom is 0.263 e. The molecule has 13 nitrogen and oxygen atoms in total. The Morgan fingerprint density at radius 2 is 1.84 bits per heavy atom. The van der Waals surface area contributed by atoms with Crippen molar-refractivity contribution >= 4 is 34.7 Å². The van der Waals surface area contributed by atoms with Gasteiger partial charge in [0.2, 0.25) is 11.8 Å². The number of aryl methyl sites for hydroxylation is 2.